The molecule has 0 saturated carbocycles. The number of azo groups is 1. The fourth-order valence-electron chi connectivity index (χ4n) is 1.98. The molecule has 0 aliphatic rings. The van der Waals surface area contributed by atoms with Crippen LogP contribution in [-0.2, 0) is 17.1 Å². The van der Waals surface area contributed by atoms with Crippen LogP contribution in [0.4, 0.5) is 17.1 Å². The van der Waals surface area contributed by atoms with E-state index in [1.807, 2.05) is 30.3 Å². The molecule has 1 aromatic heterocycles. The van der Waals surface area contributed by atoms with Gasteiger partial charge in [-0.1, -0.05) is 29.8 Å². The molecule has 0 bridgehead atoms. The molecule has 3 aromatic rings. The number of nitrogens with one attached hydrogen (secondary N) is 1. The lowest BCUT2D eigenvalue weighted by atomic mass is 10.3. The molecule has 0 atom stereocenters. The predicted molar refractivity (Wildman–Crippen MR) is 96.1 cm³/mol. The van der Waals surface area contributed by atoms with Gasteiger partial charge in [0.2, 0.25) is 5.03 Å². The standard InChI is InChI=1S/C16H14ClN5O2S/c1-22-11-18-16(15(22)17)25(23,24)21-14-9-7-13(8-10-14)20-19-12-5-3-2-4-6-12/h2-11,21H,1H3. The highest BCUT2D eigenvalue weighted by molar-refractivity contribution is 7.92. The van der Waals surface area contributed by atoms with Crippen LogP contribution in [0.25, 0.3) is 0 Å². The van der Waals surface area contributed by atoms with E-state index in [0.29, 0.717) is 11.4 Å². The molecule has 0 unspecified atom stereocenters. The fraction of sp³-hybridized carbons (Fsp3) is 0.0625. The molecule has 3 rings (SSSR count). The summed E-state index contributed by atoms with van der Waals surface area (Å²) in [6, 6.07) is 15.8. The quantitative estimate of drug-likeness (QED) is 0.674. The van der Waals surface area contributed by atoms with Gasteiger partial charge in [0.15, 0.2) is 0 Å². The Balaban J connectivity index is 1.74. The van der Waals surface area contributed by atoms with Gasteiger partial charge >= 0.3 is 0 Å². The van der Waals surface area contributed by atoms with Gasteiger partial charge in [0.05, 0.1) is 17.7 Å². The molecule has 7 nitrogen and oxygen atoms in total. The Morgan fingerprint density at radius 2 is 1.60 bits per heavy atom. The van der Waals surface area contributed by atoms with Crippen LogP contribution in [0.5, 0.6) is 0 Å². The van der Waals surface area contributed by atoms with Gasteiger partial charge in [-0.25, -0.2) is 4.98 Å². The van der Waals surface area contributed by atoms with Crippen LogP contribution in [-0.4, -0.2) is 18.0 Å². The summed E-state index contributed by atoms with van der Waals surface area (Å²) in [6.07, 6.45) is 1.34. The topological polar surface area (TPSA) is 88.7 Å². The van der Waals surface area contributed by atoms with Crippen LogP contribution < -0.4 is 4.72 Å². The summed E-state index contributed by atoms with van der Waals surface area (Å²) in [6.45, 7) is 0. The van der Waals surface area contributed by atoms with Crippen molar-refractivity contribution in [1.82, 2.24) is 9.55 Å². The van der Waals surface area contributed by atoms with Crippen molar-refractivity contribution in [3.63, 3.8) is 0 Å². The van der Waals surface area contributed by atoms with Crippen molar-refractivity contribution in [1.29, 1.82) is 0 Å². The van der Waals surface area contributed by atoms with Gasteiger partial charge in [-0.3, -0.25) is 4.72 Å². The largest absolute Gasteiger partial charge is 0.324 e. The van der Waals surface area contributed by atoms with Gasteiger partial charge < -0.3 is 4.57 Å². The minimum Gasteiger partial charge on any atom is -0.324 e. The third-order valence-electron chi connectivity index (χ3n) is 3.25. The molecular formula is C16H14ClN5O2S. The smallest absolute Gasteiger partial charge is 0.282 e. The number of hydrogen-bond donors (Lipinski definition) is 1. The molecule has 0 fully saturated rings. The molecule has 9 heteroatoms. The van der Waals surface area contributed by atoms with E-state index in [1.165, 1.54) is 10.9 Å². The molecule has 25 heavy (non-hydrogen) atoms. The first kappa shape index (κ1) is 17.1. The summed E-state index contributed by atoms with van der Waals surface area (Å²) < 4.78 is 28.5. The highest BCUT2D eigenvalue weighted by atomic mass is 35.5. The molecule has 0 radical (unpaired) electrons. The molecule has 1 N–H and O–H groups in total. The number of nitrogens with zero attached hydrogens (tertiary/aromatic N) is 4. The lowest BCUT2D eigenvalue weighted by Crippen LogP contribution is -2.13. The SMILES string of the molecule is Cn1cnc(S(=O)(=O)Nc2ccc(N=Nc3ccccc3)cc2)c1Cl. The highest BCUT2D eigenvalue weighted by Gasteiger charge is 2.22. The Hall–Kier alpha value is -2.71. The van der Waals surface area contributed by atoms with Gasteiger partial charge in [-0.05, 0) is 36.4 Å². The first-order chi connectivity index (χ1) is 12.0. The van der Waals surface area contributed by atoms with E-state index in [4.69, 9.17) is 11.6 Å². The highest BCUT2D eigenvalue weighted by Crippen LogP contribution is 2.24. The predicted octanol–water partition coefficient (Wildman–Crippen LogP) is 4.29. The maximum Gasteiger partial charge on any atom is 0.282 e. The van der Waals surface area contributed by atoms with Gasteiger partial charge in [0.25, 0.3) is 10.0 Å². The van der Waals surface area contributed by atoms with Crippen molar-refractivity contribution in [2.45, 2.75) is 5.03 Å². The Morgan fingerprint density at radius 3 is 2.16 bits per heavy atom. The van der Waals surface area contributed by atoms with Crippen molar-refractivity contribution in [3.8, 4) is 0 Å². The van der Waals surface area contributed by atoms with E-state index in [-0.39, 0.29) is 10.2 Å². The lowest BCUT2D eigenvalue weighted by molar-refractivity contribution is 0.598. The maximum atomic E-state index is 12.3. The number of benzene rings is 2. The summed E-state index contributed by atoms with van der Waals surface area (Å²) in [5, 5.41) is 8.02. The molecule has 128 valence electrons. The third-order valence-corrected chi connectivity index (χ3v) is 5.12. The van der Waals surface area contributed by atoms with E-state index < -0.39 is 10.0 Å². The van der Waals surface area contributed by atoms with Crippen LogP contribution in [0.15, 0.2) is 76.2 Å². The van der Waals surface area contributed by atoms with Crippen molar-refractivity contribution in [2.75, 3.05) is 4.72 Å². The van der Waals surface area contributed by atoms with Crippen molar-refractivity contribution in [3.05, 3.63) is 66.1 Å². The third kappa shape index (κ3) is 4.04. The number of anilines is 1. The van der Waals surface area contributed by atoms with Crippen LogP contribution in [0.1, 0.15) is 0 Å². The van der Waals surface area contributed by atoms with E-state index in [2.05, 4.69) is 19.9 Å². The van der Waals surface area contributed by atoms with E-state index in [0.717, 1.165) is 5.69 Å². The first-order valence-electron chi connectivity index (χ1n) is 7.22. The Morgan fingerprint density at radius 1 is 1.00 bits per heavy atom. The fourth-order valence-corrected chi connectivity index (χ4v) is 3.48. The average Bonchev–Trinajstić information content (AvgIpc) is 2.95. The Labute approximate surface area is 150 Å². The molecule has 0 spiro atoms. The molecule has 1 heterocycles. The molecule has 0 amide bonds. The normalized spacial score (nSPS) is 11.8. The lowest BCUT2D eigenvalue weighted by Gasteiger charge is -2.06. The van der Waals surface area contributed by atoms with Gasteiger partial charge in [0.1, 0.15) is 5.15 Å². The Kier molecular flexibility index (Phi) is 4.82. The number of hydrogen-bond acceptors (Lipinski definition) is 5. The van der Waals surface area contributed by atoms with Crippen LogP contribution in [0.2, 0.25) is 5.15 Å². The monoisotopic (exact) mass is 375 g/mol. The number of aryl methyl sites for hydroxylation is 1. The van der Waals surface area contributed by atoms with Crippen LogP contribution in [0.3, 0.4) is 0 Å². The summed E-state index contributed by atoms with van der Waals surface area (Å²) in [7, 11) is -2.25. The van der Waals surface area contributed by atoms with Crippen molar-refractivity contribution >= 4 is 38.7 Å². The van der Waals surface area contributed by atoms with Gasteiger partial charge in [0, 0.05) is 12.7 Å². The first-order valence-corrected chi connectivity index (χ1v) is 9.08. The summed E-state index contributed by atoms with van der Waals surface area (Å²) in [5.74, 6) is 0. The van der Waals surface area contributed by atoms with Gasteiger partial charge in [-0.2, -0.15) is 18.6 Å². The summed E-state index contributed by atoms with van der Waals surface area (Å²) >= 11 is 5.94. The second-order valence-electron chi connectivity index (χ2n) is 5.14. The second kappa shape index (κ2) is 7.04. The minimum absolute atomic E-state index is 0.0424. The maximum absolute atomic E-state index is 12.3. The Bertz CT molecular complexity index is 999. The summed E-state index contributed by atoms with van der Waals surface area (Å²) in [5.41, 5.74) is 1.71. The zero-order valence-electron chi connectivity index (χ0n) is 13.2. The summed E-state index contributed by atoms with van der Waals surface area (Å²) in [4.78, 5) is 3.81. The van der Waals surface area contributed by atoms with Crippen LogP contribution >= 0.6 is 11.6 Å². The molecule has 0 saturated heterocycles. The van der Waals surface area contributed by atoms with Crippen molar-refractivity contribution in [2.24, 2.45) is 17.3 Å². The molecule has 0 aliphatic heterocycles. The number of imidazole rings is 1. The number of halogens is 1. The minimum atomic E-state index is -3.86. The molecule has 0 aliphatic carbocycles. The number of aromatic nitrogens is 2. The zero-order chi connectivity index (χ0) is 17.9. The van der Waals surface area contributed by atoms with E-state index in [1.54, 1.807) is 31.3 Å². The van der Waals surface area contributed by atoms with E-state index >= 15 is 0 Å². The second-order valence-corrected chi connectivity index (χ2v) is 7.10. The molecule has 2 aromatic carbocycles. The van der Waals surface area contributed by atoms with Crippen molar-refractivity contribution < 1.29 is 8.42 Å². The average molecular weight is 376 g/mol. The zero-order valence-corrected chi connectivity index (χ0v) is 14.7. The molecular weight excluding hydrogens is 362 g/mol. The van der Waals surface area contributed by atoms with Crippen LogP contribution in [0, 0.1) is 0 Å². The number of sulfonamides is 1. The van der Waals surface area contributed by atoms with E-state index in [9.17, 15) is 8.42 Å². The van der Waals surface area contributed by atoms with Gasteiger partial charge in [-0.15, -0.1) is 0 Å². The number of rotatable bonds is 5.